The molecule has 2 aromatic rings. The third-order valence-electron chi connectivity index (χ3n) is 5.56. The molecule has 0 unspecified atom stereocenters. The SMILES string of the molecule is O=C(CNO)C[C@@H](CCCC1CCCCC1)c1nc(Cc2cccnc2)no1. The zero-order chi connectivity index (χ0) is 19.6. The van der Waals surface area contributed by atoms with Gasteiger partial charge in [-0.25, -0.2) is 0 Å². The summed E-state index contributed by atoms with van der Waals surface area (Å²) in [5.41, 5.74) is 2.96. The molecule has 0 saturated heterocycles. The number of ketones is 1. The molecule has 0 spiro atoms. The van der Waals surface area contributed by atoms with Gasteiger partial charge in [-0.2, -0.15) is 10.5 Å². The Balaban J connectivity index is 1.59. The van der Waals surface area contributed by atoms with Crippen LogP contribution in [-0.2, 0) is 11.2 Å². The molecule has 0 amide bonds. The molecule has 2 heterocycles. The molecule has 2 N–H and O–H groups in total. The number of hydrogen-bond donors (Lipinski definition) is 2. The van der Waals surface area contributed by atoms with Crippen LogP contribution in [0.2, 0.25) is 0 Å². The van der Waals surface area contributed by atoms with Crippen LogP contribution in [0.15, 0.2) is 29.0 Å². The summed E-state index contributed by atoms with van der Waals surface area (Å²) in [7, 11) is 0. The molecule has 28 heavy (non-hydrogen) atoms. The number of carbonyl (C=O) groups is 1. The van der Waals surface area contributed by atoms with E-state index < -0.39 is 0 Å². The van der Waals surface area contributed by atoms with Gasteiger partial charge >= 0.3 is 0 Å². The van der Waals surface area contributed by atoms with Gasteiger partial charge in [0.25, 0.3) is 0 Å². The van der Waals surface area contributed by atoms with E-state index >= 15 is 0 Å². The first kappa shape index (κ1) is 20.6. The van der Waals surface area contributed by atoms with E-state index in [0.29, 0.717) is 24.6 Å². The summed E-state index contributed by atoms with van der Waals surface area (Å²) in [4.78, 5) is 20.7. The molecule has 152 valence electrons. The monoisotopic (exact) mass is 386 g/mol. The minimum Gasteiger partial charge on any atom is -0.339 e. The molecule has 7 heteroatoms. The summed E-state index contributed by atoms with van der Waals surface area (Å²) < 4.78 is 5.50. The maximum atomic E-state index is 12.1. The number of hydroxylamine groups is 1. The molecule has 1 fully saturated rings. The van der Waals surface area contributed by atoms with Crippen LogP contribution < -0.4 is 5.48 Å². The summed E-state index contributed by atoms with van der Waals surface area (Å²) in [6.45, 7) is -0.0597. The van der Waals surface area contributed by atoms with Crippen molar-refractivity contribution in [3.05, 3.63) is 41.8 Å². The molecule has 1 aliphatic carbocycles. The fraction of sp³-hybridized carbons (Fsp3) is 0.619. The van der Waals surface area contributed by atoms with Gasteiger partial charge < -0.3 is 9.73 Å². The lowest BCUT2D eigenvalue weighted by molar-refractivity contribution is -0.120. The molecule has 3 rings (SSSR count). The third-order valence-corrected chi connectivity index (χ3v) is 5.56. The Hall–Kier alpha value is -2.12. The summed E-state index contributed by atoms with van der Waals surface area (Å²) in [6.07, 6.45) is 14.2. The fourth-order valence-corrected chi connectivity index (χ4v) is 4.07. The molecule has 0 aliphatic heterocycles. The zero-order valence-corrected chi connectivity index (χ0v) is 16.3. The van der Waals surface area contributed by atoms with Gasteiger partial charge in [-0.05, 0) is 24.0 Å². The lowest BCUT2D eigenvalue weighted by Crippen LogP contribution is -2.21. The quantitative estimate of drug-likeness (QED) is 0.566. The van der Waals surface area contributed by atoms with Crippen molar-refractivity contribution in [1.82, 2.24) is 20.6 Å². The Labute approximate surface area is 165 Å². The first-order valence-electron chi connectivity index (χ1n) is 10.3. The molecular formula is C21H30N4O3. The number of pyridine rings is 1. The largest absolute Gasteiger partial charge is 0.339 e. The van der Waals surface area contributed by atoms with Crippen LogP contribution >= 0.6 is 0 Å². The molecule has 1 aliphatic rings. The van der Waals surface area contributed by atoms with Crippen molar-refractivity contribution >= 4 is 5.78 Å². The van der Waals surface area contributed by atoms with Gasteiger partial charge in [0.15, 0.2) is 5.82 Å². The lowest BCUT2D eigenvalue weighted by atomic mass is 9.84. The minimum atomic E-state index is -0.0976. The molecule has 0 bridgehead atoms. The molecule has 0 aromatic carbocycles. The summed E-state index contributed by atoms with van der Waals surface area (Å²) in [5.74, 6) is 1.78. The second-order valence-corrected chi connectivity index (χ2v) is 7.80. The van der Waals surface area contributed by atoms with E-state index in [4.69, 9.17) is 9.73 Å². The number of rotatable bonds is 11. The van der Waals surface area contributed by atoms with Crippen LogP contribution in [0.1, 0.15) is 81.0 Å². The van der Waals surface area contributed by atoms with Crippen molar-refractivity contribution < 1.29 is 14.5 Å². The number of aromatic nitrogens is 3. The molecule has 0 radical (unpaired) electrons. The van der Waals surface area contributed by atoms with Crippen LogP contribution in [-0.4, -0.2) is 32.7 Å². The highest BCUT2D eigenvalue weighted by atomic mass is 16.5. The first-order chi connectivity index (χ1) is 13.7. The normalized spacial score (nSPS) is 16.2. The van der Waals surface area contributed by atoms with E-state index in [-0.39, 0.29) is 18.2 Å². The van der Waals surface area contributed by atoms with Crippen molar-refractivity contribution in [3.63, 3.8) is 0 Å². The highest BCUT2D eigenvalue weighted by molar-refractivity contribution is 5.80. The van der Waals surface area contributed by atoms with E-state index in [1.807, 2.05) is 17.6 Å². The number of carbonyl (C=O) groups excluding carboxylic acids is 1. The molecule has 7 nitrogen and oxygen atoms in total. The maximum absolute atomic E-state index is 12.1. The van der Waals surface area contributed by atoms with Gasteiger partial charge in [0.05, 0.1) is 6.54 Å². The smallest absolute Gasteiger partial charge is 0.230 e. The van der Waals surface area contributed by atoms with Crippen LogP contribution in [0.25, 0.3) is 0 Å². The number of hydrogen-bond acceptors (Lipinski definition) is 7. The van der Waals surface area contributed by atoms with Crippen LogP contribution in [0, 0.1) is 5.92 Å². The molecular weight excluding hydrogens is 356 g/mol. The summed E-state index contributed by atoms with van der Waals surface area (Å²) >= 11 is 0. The lowest BCUT2D eigenvalue weighted by Gasteiger charge is -2.22. The number of nitrogens with one attached hydrogen (secondary N) is 1. The highest BCUT2D eigenvalue weighted by Crippen LogP contribution is 2.31. The maximum Gasteiger partial charge on any atom is 0.230 e. The predicted molar refractivity (Wildman–Crippen MR) is 104 cm³/mol. The third kappa shape index (κ3) is 6.49. The topological polar surface area (TPSA) is 101 Å². The van der Waals surface area contributed by atoms with Gasteiger partial charge in [0.1, 0.15) is 5.78 Å². The Bertz CT molecular complexity index is 713. The molecule has 2 aromatic heterocycles. The van der Waals surface area contributed by atoms with Crippen LogP contribution in [0.4, 0.5) is 0 Å². The van der Waals surface area contributed by atoms with Crippen molar-refractivity contribution in [2.75, 3.05) is 6.54 Å². The minimum absolute atomic E-state index is 0.0582. The molecule has 1 atom stereocenters. The van der Waals surface area contributed by atoms with E-state index in [1.54, 1.807) is 12.4 Å². The van der Waals surface area contributed by atoms with Crippen molar-refractivity contribution in [2.24, 2.45) is 5.92 Å². The van der Waals surface area contributed by atoms with Crippen molar-refractivity contribution in [2.45, 2.75) is 70.1 Å². The highest BCUT2D eigenvalue weighted by Gasteiger charge is 2.23. The standard InChI is InChI=1S/C21H30N4O3/c26-19(15-23-27)13-18(10-4-8-16-6-2-1-3-7-16)21-24-20(25-28-21)12-17-9-5-11-22-14-17/h5,9,11,14,16,18,23,27H,1-4,6-8,10,12-13,15H2/t18-/m1/s1. The Morgan fingerprint density at radius 1 is 1.32 bits per heavy atom. The van der Waals surface area contributed by atoms with Gasteiger partial charge in [-0.15, -0.1) is 0 Å². The average molecular weight is 386 g/mol. The zero-order valence-electron chi connectivity index (χ0n) is 16.3. The van der Waals surface area contributed by atoms with Gasteiger partial charge in [-0.3, -0.25) is 9.78 Å². The first-order valence-corrected chi connectivity index (χ1v) is 10.3. The Morgan fingerprint density at radius 3 is 2.93 bits per heavy atom. The number of nitrogens with zero attached hydrogens (tertiary/aromatic N) is 3. The summed E-state index contributed by atoms with van der Waals surface area (Å²) in [5, 5.41) is 12.9. The van der Waals surface area contributed by atoms with Crippen LogP contribution in [0.5, 0.6) is 0 Å². The average Bonchev–Trinajstić information content (AvgIpc) is 3.17. The van der Waals surface area contributed by atoms with E-state index in [2.05, 4.69) is 15.1 Å². The predicted octanol–water partition coefficient (Wildman–Crippen LogP) is 3.83. The Kier molecular flexibility index (Phi) is 8.11. The number of Topliss-reactive ketones (excluding diaryl/α,β-unsaturated/α-hetero) is 1. The summed E-state index contributed by atoms with van der Waals surface area (Å²) in [6, 6.07) is 3.85. The second kappa shape index (κ2) is 11.0. The van der Waals surface area contributed by atoms with Gasteiger partial charge in [0, 0.05) is 31.2 Å². The second-order valence-electron chi connectivity index (χ2n) is 7.80. The molecule has 1 saturated carbocycles. The van der Waals surface area contributed by atoms with Crippen LogP contribution in [0.3, 0.4) is 0 Å². The fourth-order valence-electron chi connectivity index (χ4n) is 4.07. The van der Waals surface area contributed by atoms with Gasteiger partial charge in [-0.1, -0.05) is 56.2 Å². The van der Waals surface area contributed by atoms with E-state index in [0.717, 1.165) is 24.3 Å². The van der Waals surface area contributed by atoms with E-state index in [9.17, 15) is 4.79 Å². The Morgan fingerprint density at radius 2 is 2.18 bits per heavy atom. The van der Waals surface area contributed by atoms with Crippen molar-refractivity contribution in [3.8, 4) is 0 Å². The van der Waals surface area contributed by atoms with E-state index in [1.165, 1.54) is 38.5 Å². The van der Waals surface area contributed by atoms with Gasteiger partial charge in [0.2, 0.25) is 5.89 Å². The van der Waals surface area contributed by atoms with Crippen molar-refractivity contribution in [1.29, 1.82) is 0 Å².